The van der Waals surface area contributed by atoms with Crippen LogP contribution < -0.4 is 0 Å². The molecule has 0 aliphatic heterocycles. The molecular formula is C47H118. The highest BCUT2D eigenvalue weighted by Crippen LogP contribution is 2.05. The molecule has 0 bridgehead atoms. The fourth-order valence-electron chi connectivity index (χ4n) is 1.88. The van der Waals surface area contributed by atoms with Crippen molar-refractivity contribution in [3.8, 4) is 0 Å². The van der Waals surface area contributed by atoms with Crippen LogP contribution in [0.4, 0.5) is 0 Å². The second-order valence-corrected chi connectivity index (χ2v) is 11.4. The molecule has 0 atom stereocenters. The summed E-state index contributed by atoms with van der Waals surface area (Å²) in [6.45, 7) is 51.4. The summed E-state index contributed by atoms with van der Waals surface area (Å²) < 4.78 is 0. The zero-order valence-corrected chi connectivity index (χ0v) is 40.3. The normalized spacial score (nSPS) is 7.40. The van der Waals surface area contributed by atoms with Crippen LogP contribution in [0.25, 0.3) is 0 Å². The Bertz CT molecular complexity index is 176. The number of hydrogen-bond acceptors (Lipinski definition) is 0. The van der Waals surface area contributed by atoms with Crippen LogP contribution in [0, 0.1) is 0 Å². The third-order valence-corrected chi connectivity index (χ3v) is 4.37. The van der Waals surface area contributed by atoms with E-state index in [1.54, 1.807) is 0 Å². The summed E-state index contributed by atoms with van der Waals surface area (Å²) in [5, 5.41) is 0. The molecule has 0 heterocycles. The Hall–Kier alpha value is 0. The van der Waals surface area contributed by atoms with Gasteiger partial charge in [0.1, 0.15) is 0 Å². The topological polar surface area (TPSA) is 0 Å². The van der Waals surface area contributed by atoms with Crippen molar-refractivity contribution >= 4 is 0 Å². The van der Waals surface area contributed by atoms with E-state index in [1.807, 2.05) is 27.7 Å². The van der Waals surface area contributed by atoms with Gasteiger partial charge in [0.25, 0.3) is 0 Å². The quantitative estimate of drug-likeness (QED) is 0.170. The van der Waals surface area contributed by atoms with Gasteiger partial charge in [0.2, 0.25) is 0 Å². The zero-order chi connectivity index (χ0) is 40.3. The molecule has 0 spiro atoms. The lowest BCUT2D eigenvalue weighted by molar-refractivity contribution is 0.602. The molecule has 0 fully saturated rings. The first-order valence-electron chi connectivity index (χ1n) is 22.6. The number of rotatable bonds is 13. The van der Waals surface area contributed by atoms with Gasteiger partial charge in [-0.2, -0.15) is 0 Å². The molecule has 0 unspecified atom stereocenters. The molecule has 0 aromatic heterocycles. The van der Waals surface area contributed by atoms with Crippen LogP contribution in [0.2, 0.25) is 0 Å². The van der Waals surface area contributed by atoms with Gasteiger partial charge in [-0.3, -0.25) is 0 Å². The smallest absolute Gasteiger partial charge is 0.0533 e. The van der Waals surface area contributed by atoms with Gasteiger partial charge in [0.15, 0.2) is 0 Å². The third kappa shape index (κ3) is 527. The Balaban J connectivity index is -0.0000000294. The van der Waals surface area contributed by atoms with Crippen molar-refractivity contribution in [2.75, 3.05) is 0 Å². The first kappa shape index (κ1) is 81.2. The maximum absolute atomic E-state index is 2.26. The maximum atomic E-state index is 2.26. The van der Waals surface area contributed by atoms with Crippen molar-refractivity contribution in [3.05, 3.63) is 0 Å². The molecule has 0 heteroatoms. The van der Waals surface area contributed by atoms with E-state index in [0.717, 1.165) is 0 Å². The minimum Gasteiger partial charge on any atom is -0.0683 e. The van der Waals surface area contributed by atoms with Gasteiger partial charge in [0, 0.05) is 0 Å². The molecule has 0 aliphatic rings. The highest BCUT2D eigenvalue weighted by molar-refractivity contribution is 4.41. The van der Waals surface area contributed by atoms with E-state index in [2.05, 4.69) is 138 Å². The molecule has 0 amide bonds. The van der Waals surface area contributed by atoms with Crippen molar-refractivity contribution in [2.24, 2.45) is 0 Å². The molecule has 0 aromatic carbocycles. The van der Waals surface area contributed by atoms with Gasteiger partial charge < -0.3 is 0 Å². The minimum absolute atomic E-state index is 1.25. The van der Waals surface area contributed by atoms with E-state index >= 15 is 0 Å². The predicted molar refractivity (Wildman–Crippen MR) is 242 cm³/mol. The molecular weight excluding hydrogens is 565 g/mol. The maximum Gasteiger partial charge on any atom is -0.0533 e. The Labute approximate surface area is 313 Å². The number of unbranched alkanes of at least 4 members (excludes halogenated alkanes) is 13. The Morgan fingerprint density at radius 3 is 0.340 bits per heavy atom. The van der Waals surface area contributed by atoms with Gasteiger partial charge in [-0.1, -0.05) is 314 Å². The van der Waals surface area contributed by atoms with E-state index in [9.17, 15) is 0 Å². The van der Waals surface area contributed by atoms with Gasteiger partial charge in [-0.25, -0.2) is 0 Å². The summed E-state index contributed by atoms with van der Waals surface area (Å²) in [5.41, 5.74) is 0. The molecule has 0 aliphatic carbocycles. The number of hydrogen-bond donors (Lipinski definition) is 0. The van der Waals surface area contributed by atoms with Crippen LogP contribution in [0.1, 0.15) is 314 Å². The SMILES string of the molecule is CC.CC.CCC.CCC.CCC.CCC.CCC.CCCC.CCCC.CCCCC.CCCCCC.CCCCCCCCC. The Morgan fingerprint density at radius 2 is 0.255 bits per heavy atom. The highest BCUT2D eigenvalue weighted by atomic mass is 13.9. The van der Waals surface area contributed by atoms with Gasteiger partial charge in [-0.15, -0.1) is 0 Å². The van der Waals surface area contributed by atoms with Crippen LogP contribution in [0.15, 0.2) is 0 Å². The van der Waals surface area contributed by atoms with Crippen LogP contribution in [0.3, 0.4) is 0 Å². The van der Waals surface area contributed by atoms with E-state index in [4.69, 9.17) is 0 Å². The van der Waals surface area contributed by atoms with E-state index in [1.165, 1.54) is 148 Å². The summed E-state index contributed by atoms with van der Waals surface area (Å²) in [4.78, 5) is 0. The molecule has 0 aromatic rings. The Kier molecular flexibility index (Phi) is 304. The first-order valence-corrected chi connectivity index (χ1v) is 22.6. The summed E-state index contributed by atoms with van der Waals surface area (Å²) in [6, 6.07) is 0. The van der Waals surface area contributed by atoms with Crippen molar-refractivity contribution in [1.29, 1.82) is 0 Å². The van der Waals surface area contributed by atoms with E-state index in [-0.39, 0.29) is 0 Å². The third-order valence-electron chi connectivity index (χ3n) is 4.37. The zero-order valence-electron chi connectivity index (χ0n) is 40.3. The second kappa shape index (κ2) is 176. The summed E-state index contributed by atoms with van der Waals surface area (Å²) >= 11 is 0. The van der Waals surface area contributed by atoms with Crippen LogP contribution in [0.5, 0.6) is 0 Å². The standard InChI is InChI=1S/C9H20.C6H14.C5H12.2C4H10.5C3H8.2C2H6/c1-3-5-7-9-8-6-4-2;1-3-5-6-4-2;1-3-5-4-2;2*1-3-4-2;5*1-3-2;2*1-2/h3-9H2,1-2H3;3-6H2,1-2H3;3-5H2,1-2H3;2*3-4H2,1-2H3;5*3H2,1-2H3;2*1-2H3. The molecule has 0 radical (unpaired) electrons. The summed E-state index contributed by atoms with van der Waals surface area (Å²) in [5.74, 6) is 0. The lowest BCUT2D eigenvalue weighted by Crippen LogP contribution is -1.76. The molecule has 0 saturated heterocycles. The molecule has 47 heavy (non-hydrogen) atoms. The highest BCUT2D eigenvalue weighted by Gasteiger charge is 1.85. The second-order valence-electron chi connectivity index (χ2n) is 11.4. The first-order chi connectivity index (χ1) is 22.6. The van der Waals surface area contributed by atoms with Crippen molar-refractivity contribution in [2.45, 2.75) is 314 Å². The molecule has 0 nitrogen and oxygen atoms in total. The molecule has 0 N–H and O–H groups in total. The fraction of sp³-hybridized carbons (Fsp3) is 1.00. The van der Waals surface area contributed by atoms with Crippen molar-refractivity contribution in [1.82, 2.24) is 0 Å². The summed E-state index contributed by atoms with van der Waals surface area (Å²) in [6.07, 6.45) is 31.1. The van der Waals surface area contributed by atoms with Crippen LogP contribution in [-0.4, -0.2) is 0 Å². The Morgan fingerprint density at radius 1 is 0.149 bits per heavy atom. The van der Waals surface area contributed by atoms with Gasteiger partial charge >= 0.3 is 0 Å². The monoisotopic (exact) mass is 683 g/mol. The van der Waals surface area contributed by atoms with Crippen LogP contribution in [-0.2, 0) is 0 Å². The molecule has 0 rings (SSSR count). The van der Waals surface area contributed by atoms with E-state index in [0.29, 0.717) is 0 Å². The lowest BCUT2D eigenvalue weighted by atomic mass is 10.1. The average Bonchev–Trinajstić information content (AvgIpc) is 3.08. The lowest BCUT2D eigenvalue weighted by Gasteiger charge is -1.96. The van der Waals surface area contributed by atoms with Crippen molar-refractivity contribution in [3.63, 3.8) is 0 Å². The molecule has 0 saturated carbocycles. The fourth-order valence-corrected chi connectivity index (χ4v) is 1.88. The molecule has 306 valence electrons. The largest absolute Gasteiger partial charge is 0.0683 e. The minimum atomic E-state index is 1.25. The van der Waals surface area contributed by atoms with Gasteiger partial charge in [-0.05, 0) is 0 Å². The van der Waals surface area contributed by atoms with Gasteiger partial charge in [0.05, 0.1) is 0 Å². The summed E-state index contributed by atoms with van der Waals surface area (Å²) in [7, 11) is 0. The average molecular weight is 683 g/mol. The van der Waals surface area contributed by atoms with E-state index < -0.39 is 0 Å². The van der Waals surface area contributed by atoms with Crippen molar-refractivity contribution < 1.29 is 0 Å². The predicted octanol–water partition coefficient (Wildman–Crippen LogP) is 21.3. The van der Waals surface area contributed by atoms with Crippen LogP contribution >= 0.6 is 0 Å².